The molecule has 0 radical (unpaired) electrons. The summed E-state index contributed by atoms with van der Waals surface area (Å²) in [6.45, 7) is 0. The zero-order chi connectivity index (χ0) is 11.7. The van der Waals surface area contributed by atoms with Gasteiger partial charge in [0.2, 0.25) is 5.91 Å². The molecule has 4 nitrogen and oxygen atoms in total. The lowest BCUT2D eigenvalue weighted by molar-refractivity contribution is -0.130. The maximum atomic E-state index is 11.9. The molecule has 1 amide bonds. The van der Waals surface area contributed by atoms with Crippen molar-refractivity contribution in [3.8, 4) is 0 Å². The molecule has 0 atom stereocenters. The van der Waals surface area contributed by atoms with E-state index < -0.39 is 0 Å². The van der Waals surface area contributed by atoms with Gasteiger partial charge in [-0.15, -0.1) is 0 Å². The first-order chi connectivity index (χ1) is 8.34. The molecule has 88 valence electrons. The van der Waals surface area contributed by atoms with Gasteiger partial charge in [-0.2, -0.15) is 5.10 Å². The first kappa shape index (κ1) is 10.4. The lowest BCUT2D eigenvalue weighted by Crippen LogP contribution is -2.30. The van der Waals surface area contributed by atoms with Crippen LogP contribution >= 0.6 is 0 Å². The summed E-state index contributed by atoms with van der Waals surface area (Å²) in [6.07, 6.45) is 8.53. The lowest BCUT2D eigenvalue weighted by Gasteiger charge is -2.18. The number of aromatic nitrogens is 1. The standard InChI is InChI=1S/C13H15N3O/c17-13-8-12(10-4-3-7-14-9-10)15-16(13)11-5-1-2-6-11/h3-4,7,9,11H,1-2,5-6,8H2. The van der Waals surface area contributed by atoms with Gasteiger partial charge in [0.15, 0.2) is 0 Å². The number of amides is 1. The number of rotatable bonds is 2. The zero-order valence-electron chi connectivity index (χ0n) is 9.67. The molecule has 2 aliphatic rings. The van der Waals surface area contributed by atoms with Crippen LogP contribution in [0.25, 0.3) is 0 Å². The topological polar surface area (TPSA) is 45.6 Å². The fraction of sp³-hybridized carbons (Fsp3) is 0.462. The van der Waals surface area contributed by atoms with E-state index in [9.17, 15) is 4.79 Å². The van der Waals surface area contributed by atoms with E-state index in [-0.39, 0.29) is 5.91 Å². The van der Waals surface area contributed by atoms with Gasteiger partial charge in [0.05, 0.1) is 18.2 Å². The van der Waals surface area contributed by atoms with Gasteiger partial charge in [0, 0.05) is 18.0 Å². The summed E-state index contributed by atoms with van der Waals surface area (Å²) in [6, 6.07) is 4.16. The molecule has 0 unspecified atom stereocenters. The van der Waals surface area contributed by atoms with Crippen LogP contribution in [0.3, 0.4) is 0 Å². The number of nitrogens with zero attached hydrogens (tertiary/aromatic N) is 3. The van der Waals surface area contributed by atoms with Gasteiger partial charge in [0.25, 0.3) is 0 Å². The van der Waals surface area contributed by atoms with Crippen LogP contribution in [-0.4, -0.2) is 27.7 Å². The maximum Gasteiger partial charge on any atom is 0.249 e. The largest absolute Gasteiger partial charge is 0.273 e. The molecule has 1 aromatic rings. The van der Waals surface area contributed by atoms with Crippen LogP contribution in [0, 0.1) is 0 Å². The van der Waals surface area contributed by atoms with Gasteiger partial charge in [-0.25, -0.2) is 5.01 Å². The second-order valence-electron chi connectivity index (χ2n) is 4.64. The molecule has 1 aromatic heterocycles. The van der Waals surface area contributed by atoms with Crippen LogP contribution in [0.15, 0.2) is 29.6 Å². The van der Waals surface area contributed by atoms with Crippen molar-refractivity contribution in [2.75, 3.05) is 0 Å². The third kappa shape index (κ3) is 1.95. The van der Waals surface area contributed by atoms with Gasteiger partial charge < -0.3 is 0 Å². The summed E-state index contributed by atoms with van der Waals surface area (Å²) in [4.78, 5) is 16.0. The van der Waals surface area contributed by atoms with Crippen molar-refractivity contribution in [3.63, 3.8) is 0 Å². The Labute approximate surface area is 100 Å². The molecule has 1 aliphatic heterocycles. The van der Waals surface area contributed by atoms with E-state index in [0.717, 1.165) is 24.1 Å². The smallest absolute Gasteiger partial charge is 0.249 e. The van der Waals surface area contributed by atoms with Crippen molar-refractivity contribution in [2.45, 2.75) is 38.1 Å². The van der Waals surface area contributed by atoms with E-state index in [1.807, 2.05) is 12.1 Å². The number of pyridine rings is 1. The van der Waals surface area contributed by atoms with Gasteiger partial charge in [-0.1, -0.05) is 12.8 Å². The molecular weight excluding hydrogens is 214 g/mol. The lowest BCUT2D eigenvalue weighted by atomic mass is 10.1. The Kier molecular flexibility index (Phi) is 2.63. The summed E-state index contributed by atoms with van der Waals surface area (Å²) in [5.74, 6) is 0.135. The predicted molar refractivity (Wildman–Crippen MR) is 64.5 cm³/mol. The Bertz CT molecular complexity index is 449. The third-order valence-electron chi connectivity index (χ3n) is 3.47. The van der Waals surface area contributed by atoms with Crippen LogP contribution in [0.2, 0.25) is 0 Å². The van der Waals surface area contributed by atoms with Gasteiger partial charge in [0.1, 0.15) is 0 Å². The van der Waals surface area contributed by atoms with Crippen LogP contribution in [0.4, 0.5) is 0 Å². The molecule has 1 aliphatic carbocycles. The number of carbonyl (C=O) groups excluding carboxylic acids is 1. The minimum Gasteiger partial charge on any atom is -0.273 e. The highest BCUT2D eigenvalue weighted by Gasteiger charge is 2.32. The van der Waals surface area contributed by atoms with Crippen LogP contribution in [-0.2, 0) is 4.79 Å². The molecule has 1 saturated carbocycles. The van der Waals surface area contributed by atoms with E-state index in [0.29, 0.717) is 12.5 Å². The van der Waals surface area contributed by atoms with Crippen molar-refractivity contribution in [2.24, 2.45) is 5.10 Å². The van der Waals surface area contributed by atoms with Gasteiger partial charge in [-0.3, -0.25) is 9.78 Å². The number of carbonyl (C=O) groups is 1. The molecule has 0 saturated heterocycles. The van der Waals surface area contributed by atoms with Gasteiger partial charge >= 0.3 is 0 Å². The van der Waals surface area contributed by atoms with Crippen molar-refractivity contribution >= 4 is 11.6 Å². The van der Waals surface area contributed by atoms with Crippen molar-refractivity contribution in [1.82, 2.24) is 9.99 Å². The Morgan fingerprint density at radius 1 is 1.29 bits per heavy atom. The number of hydrogen-bond acceptors (Lipinski definition) is 3. The van der Waals surface area contributed by atoms with E-state index >= 15 is 0 Å². The minimum absolute atomic E-state index is 0.135. The molecule has 17 heavy (non-hydrogen) atoms. The monoisotopic (exact) mass is 229 g/mol. The fourth-order valence-electron chi connectivity index (χ4n) is 2.57. The SMILES string of the molecule is O=C1CC(c2cccnc2)=NN1C1CCCC1. The van der Waals surface area contributed by atoms with E-state index in [4.69, 9.17) is 0 Å². The van der Waals surface area contributed by atoms with Gasteiger partial charge in [-0.05, 0) is 25.0 Å². The summed E-state index contributed by atoms with van der Waals surface area (Å²) < 4.78 is 0. The molecule has 0 bridgehead atoms. The minimum atomic E-state index is 0.135. The molecule has 0 spiro atoms. The molecule has 0 aromatic carbocycles. The Morgan fingerprint density at radius 2 is 2.12 bits per heavy atom. The Hall–Kier alpha value is -1.71. The summed E-state index contributed by atoms with van der Waals surface area (Å²) in [7, 11) is 0. The third-order valence-corrected chi connectivity index (χ3v) is 3.47. The van der Waals surface area contributed by atoms with Crippen molar-refractivity contribution in [1.29, 1.82) is 0 Å². The van der Waals surface area contributed by atoms with Crippen LogP contribution in [0.1, 0.15) is 37.7 Å². The first-order valence-electron chi connectivity index (χ1n) is 6.14. The summed E-state index contributed by atoms with van der Waals surface area (Å²) in [5.41, 5.74) is 1.82. The average Bonchev–Trinajstić information content (AvgIpc) is 2.99. The predicted octanol–water partition coefficient (Wildman–Crippen LogP) is 1.96. The quantitative estimate of drug-likeness (QED) is 0.778. The number of hydrazone groups is 1. The molecule has 2 heterocycles. The highest BCUT2D eigenvalue weighted by atomic mass is 16.2. The Balaban J connectivity index is 1.84. The average molecular weight is 229 g/mol. The van der Waals surface area contributed by atoms with Crippen LogP contribution < -0.4 is 0 Å². The first-order valence-corrected chi connectivity index (χ1v) is 6.14. The second kappa shape index (κ2) is 4.28. The summed E-state index contributed by atoms with van der Waals surface area (Å²) >= 11 is 0. The van der Waals surface area contributed by atoms with E-state index in [1.54, 1.807) is 17.4 Å². The molecule has 0 N–H and O–H groups in total. The highest BCUT2D eigenvalue weighted by molar-refractivity contribution is 6.13. The molecule has 4 heteroatoms. The second-order valence-corrected chi connectivity index (χ2v) is 4.64. The molecular formula is C13H15N3O. The Morgan fingerprint density at radius 3 is 2.82 bits per heavy atom. The van der Waals surface area contributed by atoms with Crippen molar-refractivity contribution < 1.29 is 4.79 Å². The van der Waals surface area contributed by atoms with Crippen molar-refractivity contribution in [3.05, 3.63) is 30.1 Å². The molecule has 3 rings (SSSR count). The summed E-state index contributed by atoms with van der Waals surface area (Å²) in [5, 5.41) is 6.19. The van der Waals surface area contributed by atoms with E-state index in [1.165, 1.54) is 12.8 Å². The van der Waals surface area contributed by atoms with E-state index in [2.05, 4.69) is 10.1 Å². The number of hydrogen-bond donors (Lipinski definition) is 0. The van der Waals surface area contributed by atoms with Crippen LogP contribution in [0.5, 0.6) is 0 Å². The fourth-order valence-corrected chi connectivity index (χ4v) is 2.57. The highest BCUT2D eigenvalue weighted by Crippen LogP contribution is 2.27. The maximum absolute atomic E-state index is 11.9. The normalized spacial score (nSPS) is 21.1. The molecule has 1 fully saturated rings. The zero-order valence-corrected chi connectivity index (χ0v) is 9.67.